The third-order valence-electron chi connectivity index (χ3n) is 3.86. The van der Waals surface area contributed by atoms with Crippen molar-refractivity contribution in [2.24, 2.45) is 0 Å². The number of hydrogen-bond acceptors (Lipinski definition) is 8. The summed E-state index contributed by atoms with van der Waals surface area (Å²) >= 11 is 5.77. The first-order valence-corrected chi connectivity index (χ1v) is 11.9. The number of carbonyl (C=O) groups excluding carboxylic acids is 2. The van der Waals surface area contributed by atoms with Crippen molar-refractivity contribution >= 4 is 72.8 Å². The van der Waals surface area contributed by atoms with Gasteiger partial charge in [-0.05, 0) is 30.0 Å². The summed E-state index contributed by atoms with van der Waals surface area (Å²) in [6.07, 6.45) is 0.185. The van der Waals surface area contributed by atoms with Gasteiger partial charge in [0.25, 0.3) is 0 Å². The van der Waals surface area contributed by atoms with Crippen molar-refractivity contribution in [3.63, 3.8) is 0 Å². The Hall–Kier alpha value is -2.07. The van der Waals surface area contributed by atoms with Crippen LogP contribution in [0.1, 0.15) is 20.9 Å². The summed E-state index contributed by atoms with van der Waals surface area (Å²) in [5, 5.41) is 7.21. The number of aryl methyl sites for hydroxylation is 1. The molecule has 0 unspecified atom stereocenters. The topological polar surface area (TPSA) is 72.0 Å². The predicted octanol–water partition coefficient (Wildman–Crippen LogP) is 5.28. The molecule has 0 radical (unpaired) electrons. The lowest BCUT2D eigenvalue weighted by atomic mass is 10.2. The lowest BCUT2D eigenvalue weighted by Crippen LogP contribution is -2.14. The number of benzene rings is 1. The third kappa shape index (κ3) is 4.49. The maximum Gasteiger partial charge on any atom is 0.232 e. The summed E-state index contributed by atoms with van der Waals surface area (Å²) in [7, 11) is 0. The van der Waals surface area contributed by atoms with Gasteiger partial charge in [-0.1, -0.05) is 41.3 Å². The van der Waals surface area contributed by atoms with E-state index >= 15 is 0 Å². The first-order chi connectivity index (χ1) is 13.6. The van der Waals surface area contributed by atoms with Gasteiger partial charge in [-0.25, -0.2) is 9.97 Å². The number of thiophene rings is 1. The molecule has 0 aliphatic carbocycles. The molecule has 5 nitrogen and oxygen atoms in total. The minimum atomic E-state index is -0.145. The van der Waals surface area contributed by atoms with Gasteiger partial charge in [0.15, 0.2) is 15.3 Å². The van der Waals surface area contributed by atoms with Gasteiger partial charge in [0.1, 0.15) is 0 Å². The van der Waals surface area contributed by atoms with E-state index in [1.807, 2.05) is 48.0 Å². The number of Topliss-reactive ketones (excluding diaryl/α,β-unsaturated/α-hetero) is 1. The maximum absolute atomic E-state index is 12.3. The lowest BCUT2D eigenvalue weighted by molar-refractivity contribution is -0.115. The first-order valence-electron chi connectivity index (χ1n) is 8.38. The number of anilines is 1. The molecule has 0 fully saturated rings. The van der Waals surface area contributed by atoms with Crippen molar-refractivity contribution in [1.29, 1.82) is 0 Å². The Morgan fingerprint density at radius 3 is 2.82 bits per heavy atom. The smallest absolute Gasteiger partial charge is 0.232 e. The van der Waals surface area contributed by atoms with Crippen molar-refractivity contribution in [3.8, 4) is 0 Å². The van der Waals surface area contributed by atoms with Crippen LogP contribution in [0.3, 0.4) is 0 Å². The van der Waals surface area contributed by atoms with Gasteiger partial charge in [-0.2, -0.15) is 0 Å². The van der Waals surface area contributed by atoms with E-state index in [0.717, 1.165) is 25.0 Å². The van der Waals surface area contributed by atoms with E-state index < -0.39 is 0 Å². The number of fused-ring (bicyclic) bond motifs is 1. The average molecular weight is 446 g/mol. The Labute approximate surface area is 177 Å². The number of nitrogens with one attached hydrogen (secondary N) is 1. The molecule has 28 heavy (non-hydrogen) atoms. The molecule has 1 N–H and O–H groups in total. The van der Waals surface area contributed by atoms with Crippen LogP contribution in [0.25, 0.3) is 10.2 Å². The molecule has 0 spiro atoms. The molecular weight excluding hydrogens is 430 g/mol. The number of thiazole rings is 2. The fourth-order valence-electron chi connectivity index (χ4n) is 2.54. The molecule has 4 rings (SSSR count). The van der Waals surface area contributed by atoms with Crippen molar-refractivity contribution in [2.45, 2.75) is 17.7 Å². The van der Waals surface area contributed by atoms with Gasteiger partial charge < -0.3 is 5.32 Å². The molecular formula is C19H15N3O2S4. The van der Waals surface area contributed by atoms with Crippen molar-refractivity contribution < 1.29 is 9.59 Å². The van der Waals surface area contributed by atoms with Crippen LogP contribution in [0.4, 0.5) is 5.13 Å². The predicted molar refractivity (Wildman–Crippen MR) is 118 cm³/mol. The van der Waals surface area contributed by atoms with Crippen LogP contribution in [0.2, 0.25) is 0 Å². The van der Waals surface area contributed by atoms with Gasteiger partial charge in [-0.3, -0.25) is 9.59 Å². The van der Waals surface area contributed by atoms with Gasteiger partial charge in [0.05, 0.1) is 33.0 Å². The highest BCUT2D eigenvalue weighted by molar-refractivity contribution is 8.01. The largest absolute Gasteiger partial charge is 0.302 e. The van der Waals surface area contributed by atoms with Crippen molar-refractivity contribution in [2.75, 3.05) is 11.1 Å². The summed E-state index contributed by atoms with van der Waals surface area (Å²) < 4.78 is 1.85. The highest BCUT2D eigenvalue weighted by Crippen LogP contribution is 2.28. The highest BCUT2D eigenvalue weighted by atomic mass is 32.2. The zero-order valence-electron chi connectivity index (χ0n) is 14.8. The molecule has 0 bridgehead atoms. The second kappa shape index (κ2) is 8.52. The van der Waals surface area contributed by atoms with Gasteiger partial charge in [0.2, 0.25) is 5.91 Å². The molecule has 142 valence electrons. The molecule has 0 atom stereocenters. The van der Waals surface area contributed by atoms with Gasteiger partial charge >= 0.3 is 0 Å². The second-order valence-electron chi connectivity index (χ2n) is 5.96. The van der Waals surface area contributed by atoms with E-state index in [1.165, 1.54) is 45.8 Å². The van der Waals surface area contributed by atoms with E-state index in [2.05, 4.69) is 15.3 Å². The summed E-state index contributed by atoms with van der Waals surface area (Å²) in [6, 6.07) is 9.69. The zero-order valence-corrected chi connectivity index (χ0v) is 18.1. The summed E-state index contributed by atoms with van der Waals surface area (Å²) in [5.74, 6) is 0.305. The van der Waals surface area contributed by atoms with Crippen LogP contribution in [0, 0.1) is 6.92 Å². The van der Waals surface area contributed by atoms with Crippen LogP contribution < -0.4 is 5.32 Å². The molecule has 0 aliphatic rings. The Balaban J connectivity index is 1.33. The summed E-state index contributed by atoms with van der Waals surface area (Å²) in [4.78, 5) is 34.1. The number of nitrogens with zero attached hydrogens (tertiary/aromatic N) is 2. The average Bonchev–Trinajstić information content (AvgIpc) is 3.40. The molecule has 1 amide bonds. The van der Waals surface area contributed by atoms with Crippen LogP contribution in [0.5, 0.6) is 0 Å². The van der Waals surface area contributed by atoms with E-state index in [1.54, 1.807) is 0 Å². The van der Waals surface area contributed by atoms with Gasteiger partial charge in [-0.15, -0.1) is 22.7 Å². The van der Waals surface area contributed by atoms with Crippen molar-refractivity contribution in [3.05, 3.63) is 57.2 Å². The molecule has 9 heteroatoms. The van der Waals surface area contributed by atoms with Crippen LogP contribution in [0.15, 0.2) is 45.4 Å². The number of aromatic nitrogens is 2. The monoisotopic (exact) mass is 445 g/mol. The van der Waals surface area contributed by atoms with Crippen molar-refractivity contribution in [1.82, 2.24) is 9.97 Å². The molecule has 4 aromatic rings. The van der Waals surface area contributed by atoms with Crippen LogP contribution in [-0.4, -0.2) is 27.4 Å². The molecule has 3 aromatic heterocycles. The molecule has 0 saturated heterocycles. The van der Waals surface area contributed by atoms with E-state index in [-0.39, 0.29) is 18.1 Å². The molecule has 3 heterocycles. The standard InChI is InChI=1S/C19H15N3O2S4/c1-11-4-2-5-15-17(11)22-18(28-15)21-16(24)8-12-9-26-19(20-12)27-10-13(23)14-6-3-7-25-14/h2-7,9H,8,10H2,1H3,(H,21,22,24). The van der Waals surface area contributed by atoms with E-state index in [4.69, 9.17) is 0 Å². The molecule has 0 saturated carbocycles. The van der Waals surface area contributed by atoms with E-state index in [0.29, 0.717) is 16.6 Å². The minimum Gasteiger partial charge on any atom is -0.302 e. The Kier molecular flexibility index (Phi) is 5.86. The summed E-state index contributed by atoms with van der Waals surface area (Å²) in [5.41, 5.74) is 2.71. The number of hydrogen-bond donors (Lipinski definition) is 1. The number of amides is 1. The molecule has 0 aliphatic heterocycles. The maximum atomic E-state index is 12.3. The Morgan fingerprint density at radius 2 is 2.04 bits per heavy atom. The summed E-state index contributed by atoms with van der Waals surface area (Å²) in [6.45, 7) is 2.01. The molecule has 1 aromatic carbocycles. The SMILES string of the molecule is Cc1cccc2sc(NC(=O)Cc3csc(SCC(=O)c4cccs4)n3)nc12. The minimum absolute atomic E-state index is 0.0978. The lowest BCUT2D eigenvalue weighted by Gasteiger charge is -1.99. The Morgan fingerprint density at radius 1 is 1.14 bits per heavy atom. The normalized spacial score (nSPS) is 11.0. The van der Waals surface area contributed by atoms with Gasteiger partial charge in [0, 0.05) is 5.38 Å². The number of rotatable bonds is 7. The first kappa shape index (κ1) is 19.3. The fourth-order valence-corrected chi connectivity index (χ4v) is 5.98. The number of carbonyl (C=O) groups is 2. The van der Waals surface area contributed by atoms with Crippen LogP contribution >= 0.6 is 45.8 Å². The van der Waals surface area contributed by atoms with Crippen LogP contribution in [-0.2, 0) is 11.2 Å². The zero-order chi connectivity index (χ0) is 19.5. The third-order valence-corrected chi connectivity index (χ3v) is 7.78. The van der Waals surface area contributed by atoms with E-state index in [9.17, 15) is 9.59 Å². The highest BCUT2D eigenvalue weighted by Gasteiger charge is 2.13. The number of ketones is 1. The quantitative estimate of drug-likeness (QED) is 0.310. The number of thioether (sulfide) groups is 1. The Bertz CT molecular complexity index is 1130. The fraction of sp³-hybridized carbons (Fsp3) is 0.158. The number of para-hydroxylation sites is 1. The second-order valence-corrected chi connectivity index (χ2v) is 10.0.